The van der Waals surface area contributed by atoms with Gasteiger partial charge in [-0.05, 0) is 61.4 Å². The predicted molar refractivity (Wildman–Crippen MR) is 139 cm³/mol. The van der Waals surface area contributed by atoms with Gasteiger partial charge in [-0.1, -0.05) is 42.5 Å². The van der Waals surface area contributed by atoms with Crippen molar-refractivity contribution in [3.8, 4) is 17.2 Å². The largest absolute Gasteiger partial charge is 0.497 e. The first-order valence-corrected chi connectivity index (χ1v) is 11.9. The van der Waals surface area contributed by atoms with Gasteiger partial charge in [-0.25, -0.2) is 0 Å². The lowest BCUT2D eigenvalue weighted by Crippen LogP contribution is -2.52. The summed E-state index contributed by atoms with van der Waals surface area (Å²) in [6.07, 6.45) is 0.373. The molecule has 7 nitrogen and oxygen atoms in total. The third-order valence-electron chi connectivity index (χ3n) is 5.61. The fraction of sp³-hybridized carbons (Fsp3) is 0.310. The summed E-state index contributed by atoms with van der Waals surface area (Å²) >= 11 is 0. The summed E-state index contributed by atoms with van der Waals surface area (Å²) in [4.78, 5) is 28.5. The molecular formula is C29H34N2O5. The minimum absolute atomic E-state index is 0.0694. The molecule has 1 atom stereocenters. The monoisotopic (exact) mass is 490 g/mol. The van der Waals surface area contributed by atoms with Crippen molar-refractivity contribution in [1.82, 2.24) is 10.2 Å². The normalized spacial score (nSPS) is 11.5. The Bertz CT molecular complexity index is 1120. The molecule has 0 aromatic heterocycles. The van der Waals surface area contributed by atoms with Crippen molar-refractivity contribution in [2.24, 2.45) is 0 Å². The van der Waals surface area contributed by atoms with Gasteiger partial charge in [-0.3, -0.25) is 9.59 Å². The van der Waals surface area contributed by atoms with Crippen LogP contribution in [0.5, 0.6) is 17.2 Å². The van der Waals surface area contributed by atoms with Crippen molar-refractivity contribution >= 4 is 11.8 Å². The summed E-state index contributed by atoms with van der Waals surface area (Å²) in [6.45, 7) is 3.82. The van der Waals surface area contributed by atoms with Crippen molar-refractivity contribution in [3.63, 3.8) is 0 Å². The third kappa shape index (κ3) is 7.77. The van der Waals surface area contributed by atoms with Gasteiger partial charge >= 0.3 is 0 Å². The van der Waals surface area contributed by atoms with Crippen LogP contribution in [-0.2, 0) is 22.6 Å². The molecule has 3 aromatic rings. The Balaban J connectivity index is 1.90. The summed E-state index contributed by atoms with van der Waals surface area (Å²) in [7, 11) is 3.18. The Morgan fingerprint density at radius 3 is 2.08 bits per heavy atom. The van der Waals surface area contributed by atoms with Crippen LogP contribution in [0.2, 0.25) is 0 Å². The summed E-state index contributed by atoms with van der Waals surface area (Å²) < 4.78 is 16.3. The van der Waals surface area contributed by atoms with Crippen LogP contribution >= 0.6 is 0 Å². The molecule has 0 spiro atoms. The zero-order chi connectivity index (χ0) is 25.9. The van der Waals surface area contributed by atoms with Crippen LogP contribution in [0.4, 0.5) is 0 Å². The second-order valence-corrected chi connectivity index (χ2v) is 8.71. The van der Waals surface area contributed by atoms with Crippen LogP contribution in [-0.4, -0.2) is 49.6 Å². The standard InChI is InChI=1S/C29H34N2O5/c1-21(2)30-29(33)27(18-22-9-6-5-7-10-22)31(19-23-11-8-12-26(17-23)35-4)28(32)20-36-25-15-13-24(34-3)14-16-25/h5-17,21,27H,18-20H2,1-4H3,(H,30,33)/t27-/m1/s1. The zero-order valence-electron chi connectivity index (χ0n) is 21.3. The van der Waals surface area contributed by atoms with Crippen molar-refractivity contribution < 1.29 is 23.8 Å². The number of carbonyl (C=O) groups is 2. The second kappa shape index (κ2) is 13.2. The number of benzene rings is 3. The van der Waals surface area contributed by atoms with Gasteiger partial charge < -0.3 is 24.4 Å². The maximum Gasteiger partial charge on any atom is 0.261 e. The van der Waals surface area contributed by atoms with Crippen molar-refractivity contribution in [1.29, 1.82) is 0 Å². The van der Waals surface area contributed by atoms with Crippen molar-refractivity contribution in [2.75, 3.05) is 20.8 Å². The zero-order valence-corrected chi connectivity index (χ0v) is 21.3. The SMILES string of the molecule is COc1ccc(OCC(=O)N(Cc2cccc(OC)c2)[C@H](Cc2ccccc2)C(=O)NC(C)C)cc1. The Morgan fingerprint density at radius 1 is 0.806 bits per heavy atom. The average Bonchev–Trinajstić information content (AvgIpc) is 2.89. The second-order valence-electron chi connectivity index (χ2n) is 8.71. The maximum atomic E-state index is 13.6. The third-order valence-corrected chi connectivity index (χ3v) is 5.61. The first-order valence-electron chi connectivity index (χ1n) is 11.9. The molecule has 36 heavy (non-hydrogen) atoms. The molecule has 2 amide bonds. The number of nitrogens with one attached hydrogen (secondary N) is 1. The van der Waals surface area contributed by atoms with E-state index >= 15 is 0 Å². The highest BCUT2D eigenvalue weighted by atomic mass is 16.5. The Hall–Kier alpha value is -4.00. The molecule has 7 heteroatoms. The summed E-state index contributed by atoms with van der Waals surface area (Å²) in [5.41, 5.74) is 1.81. The molecular weight excluding hydrogens is 456 g/mol. The molecule has 0 bridgehead atoms. The highest BCUT2D eigenvalue weighted by Gasteiger charge is 2.31. The van der Waals surface area contributed by atoms with E-state index in [-0.39, 0.29) is 31.0 Å². The maximum absolute atomic E-state index is 13.6. The van der Waals surface area contributed by atoms with Gasteiger partial charge in [-0.2, -0.15) is 0 Å². The first-order chi connectivity index (χ1) is 17.4. The fourth-order valence-electron chi connectivity index (χ4n) is 3.80. The Kier molecular flexibility index (Phi) is 9.74. The minimum Gasteiger partial charge on any atom is -0.497 e. The van der Waals surface area contributed by atoms with Crippen LogP contribution in [0.15, 0.2) is 78.9 Å². The number of carbonyl (C=O) groups excluding carboxylic acids is 2. The average molecular weight is 491 g/mol. The molecule has 0 saturated carbocycles. The van der Waals surface area contributed by atoms with Crippen LogP contribution < -0.4 is 19.5 Å². The number of rotatable bonds is 12. The molecule has 0 unspecified atom stereocenters. The van der Waals surface area contributed by atoms with Crippen LogP contribution in [0.1, 0.15) is 25.0 Å². The molecule has 0 aliphatic carbocycles. The van der Waals surface area contributed by atoms with Crippen molar-refractivity contribution in [3.05, 3.63) is 90.0 Å². The van der Waals surface area contributed by atoms with Gasteiger partial charge in [0.2, 0.25) is 5.91 Å². The van der Waals surface area contributed by atoms with Gasteiger partial charge in [-0.15, -0.1) is 0 Å². The Morgan fingerprint density at radius 2 is 1.44 bits per heavy atom. The van der Waals surface area contributed by atoms with Gasteiger partial charge in [0.15, 0.2) is 6.61 Å². The van der Waals surface area contributed by atoms with Crippen LogP contribution in [0, 0.1) is 0 Å². The lowest BCUT2D eigenvalue weighted by Gasteiger charge is -2.32. The number of ether oxygens (including phenoxy) is 3. The summed E-state index contributed by atoms with van der Waals surface area (Å²) in [5.74, 6) is 1.40. The first kappa shape index (κ1) is 26.6. The predicted octanol–water partition coefficient (Wildman–Crippen LogP) is 4.25. The van der Waals surface area contributed by atoms with E-state index < -0.39 is 6.04 Å². The molecule has 3 aromatic carbocycles. The topological polar surface area (TPSA) is 77.1 Å². The number of hydrogen-bond acceptors (Lipinski definition) is 5. The van der Waals surface area contributed by atoms with E-state index in [4.69, 9.17) is 14.2 Å². The molecule has 3 rings (SSSR count). The van der Waals surface area contributed by atoms with E-state index in [0.29, 0.717) is 23.7 Å². The molecule has 0 fully saturated rings. The van der Waals surface area contributed by atoms with E-state index in [9.17, 15) is 9.59 Å². The van der Waals surface area contributed by atoms with Gasteiger partial charge in [0.1, 0.15) is 23.3 Å². The summed E-state index contributed by atoms with van der Waals surface area (Å²) in [6, 6.07) is 23.4. The molecule has 0 radical (unpaired) electrons. The minimum atomic E-state index is -0.729. The molecule has 0 aliphatic heterocycles. The van der Waals surface area contributed by atoms with Gasteiger partial charge in [0, 0.05) is 19.0 Å². The highest BCUT2D eigenvalue weighted by Crippen LogP contribution is 2.20. The number of amides is 2. The highest BCUT2D eigenvalue weighted by molar-refractivity contribution is 5.88. The fourth-order valence-corrected chi connectivity index (χ4v) is 3.80. The van der Waals surface area contributed by atoms with Gasteiger partial charge in [0.05, 0.1) is 14.2 Å². The molecule has 1 N–H and O–H groups in total. The Labute approximate surface area is 213 Å². The van der Waals surface area contributed by atoms with Crippen LogP contribution in [0.25, 0.3) is 0 Å². The van der Waals surface area contributed by atoms with E-state index in [2.05, 4.69) is 5.32 Å². The van der Waals surface area contributed by atoms with E-state index in [1.807, 2.05) is 68.4 Å². The van der Waals surface area contributed by atoms with E-state index in [1.54, 1.807) is 43.4 Å². The van der Waals surface area contributed by atoms with E-state index in [1.165, 1.54) is 0 Å². The molecule has 0 heterocycles. The molecule has 0 saturated heterocycles. The number of hydrogen-bond donors (Lipinski definition) is 1. The lowest BCUT2D eigenvalue weighted by atomic mass is 10.0. The smallest absolute Gasteiger partial charge is 0.261 e. The molecule has 190 valence electrons. The van der Waals surface area contributed by atoms with Crippen molar-refractivity contribution in [2.45, 2.75) is 38.9 Å². The van der Waals surface area contributed by atoms with Gasteiger partial charge in [0.25, 0.3) is 5.91 Å². The van der Waals surface area contributed by atoms with E-state index in [0.717, 1.165) is 11.1 Å². The summed E-state index contributed by atoms with van der Waals surface area (Å²) in [5, 5.41) is 2.98. The number of nitrogens with zero attached hydrogens (tertiary/aromatic N) is 1. The lowest BCUT2D eigenvalue weighted by molar-refractivity contribution is -0.143. The van der Waals surface area contributed by atoms with Crippen LogP contribution in [0.3, 0.4) is 0 Å². The number of methoxy groups -OCH3 is 2. The molecule has 0 aliphatic rings. The quantitative estimate of drug-likeness (QED) is 0.411.